The first-order valence-electron chi connectivity index (χ1n) is 22.3. The maximum atomic E-state index is 16.7. The van der Waals surface area contributed by atoms with Gasteiger partial charge in [-0.2, -0.15) is 0 Å². The summed E-state index contributed by atoms with van der Waals surface area (Å²) in [4.78, 5) is 44.2. The maximum Gasteiger partial charge on any atom is 0.269 e. The molecule has 3 aliphatic rings. The number of hydrogen-bond acceptors (Lipinski definition) is 11. The lowest BCUT2D eigenvalue weighted by Crippen LogP contribution is -2.49. The smallest absolute Gasteiger partial charge is 0.269 e. The van der Waals surface area contributed by atoms with E-state index in [1.807, 2.05) is 86.6 Å². The molecule has 17 heteroatoms. The molecule has 2 unspecified atom stereocenters. The van der Waals surface area contributed by atoms with Crippen LogP contribution in [0.25, 0.3) is 0 Å². The molecular weight excluding hydrogens is 850 g/mol. The Morgan fingerprint density at radius 3 is 2.48 bits per heavy atom. The molecule has 6 atom stereocenters. The molecule has 1 saturated heterocycles. The number of non-ortho nitro benzene ring substituents is 1. The summed E-state index contributed by atoms with van der Waals surface area (Å²) in [7, 11) is -3.57. The van der Waals surface area contributed by atoms with Crippen LogP contribution in [0.3, 0.4) is 0 Å². The maximum absolute atomic E-state index is 16.7. The van der Waals surface area contributed by atoms with Crippen molar-refractivity contribution in [3.05, 3.63) is 135 Å². The highest BCUT2D eigenvalue weighted by Gasteiger charge is 2.67. The minimum absolute atomic E-state index is 0.0780. The van der Waals surface area contributed by atoms with Gasteiger partial charge in [0, 0.05) is 54.2 Å². The monoisotopic (exact) mass is 905 g/mol. The summed E-state index contributed by atoms with van der Waals surface area (Å²) in [6.07, 6.45) is 3.14. The molecule has 5 aromatic rings. The zero-order chi connectivity index (χ0) is 46.0. The first-order valence-corrected chi connectivity index (χ1v) is 25.3. The normalized spacial score (nSPS) is 22.1. The molecule has 1 fully saturated rings. The SMILES string of the molecule is CCOc1ccc2c(c1)CC(NCCCCO)C(=O)N2c1ccc(CN2C(=O)[C@]3(O[C@H](CCn4cc(C(CO)c5ccccc5)nn4)[C@@H]([Si](C)(C)F)[C@@H]3C)c3cc([N+](=O)[O-])ccc32)cc1. The van der Waals surface area contributed by atoms with E-state index in [1.54, 1.807) is 39.8 Å². The van der Waals surface area contributed by atoms with Crippen LogP contribution in [0.2, 0.25) is 18.6 Å². The summed E-state index contributed by atoms with van der Waals surface area (Å²) in [6.45, 7) is 8.30. The van der Waals surface area contributed by atoms with Crippen molar-refractivity contribution < 1.29 is 38.3 Å². The number of nitro groups is 1. The molecule has 65 heavy (non-hydrogen) atoms. The molecule has 1 aromatic heterocycles. The number of halogens is 1. The largest absolute Gasteiger partial charge is 0.494 e. The molecule has 15 nitrogen and oxygen atoms in total. The summed E-state index contributed by atoms with van der Waals surface area (Å²) in [5.41, 5.74) is 2.76. The van der Waals surface area contributed by atoms with Crippen molar-refractivity contribution in [2.24, 2.45) is 5.92 Å². The zero-order valence-electron chi connectivity index (χ0n) is 37.1. The van der Waals surface area contributed by atoms with E-state index >= 15 is 8.90 Å². The van der Waals surface area contributed by atoms with Gasteiger partial charge in [-0.05, 0) is 105 Å². The number of nitro benzene ring substituents is 1. The number of ether oxygens (including phenoxy) is 2. The number of hydrogen-bond donors (Lipinski definition) is 3. The highest BCUT2D eigenvalue weighted by Crippen LogP contribution is 2.61. The second kappa shape index (κ2) is 18.9. The summed E-state index contributed by atoms with van der Waals surface area (Å²) >= 11 is 0. The molecule has 2 amide bonds. The number of aliphatic hydroxyl groups excluding tert-OH is 2. The fraction of sp³-hybridized carbons (Fsp3) is 0.417. The standard InChI is InChI=1S/C48H56FN7O8Si/c1-5-63-37-18-20-42-34(25-37)26-40(50-22-9-10-24-57)46(59)55(42)35-15-13-32(14-16-35)28-54-43-19-17-36(56(61)62)27-39(43)48(47(54)60)31(2)45(65(3,4)49)44(64-48)21-23-53-29-41(51-52-53)38(30-58)33-11-7-6-8-12-33/h6-8,11-20,25,27,29,31,38,40,44-45,50,57-58H,5,9-10,21-24,26,28,30H2,1-4H3/t31-,38?,40?,44+,45-,48+/m0/s1. The van der Waals surface area contributed by atoms with Gasteiger partial charge >= 0.3 is 0 Å². The number of anilines is 3. The molecule has 0 saturated carbocycles. The number of unbranched alkanes of at least 4 members (excludes halogenated alkanes) is 1. The number of rotatable bonds is 18. The number of carbonyl (C=O) groups is 2. The summed E-state index contributed by atoms with van der Waals surface area (Å²) in [5.74, 6) is -0.890. The number of aromatic nitrogens is 3. The average molecular weight is 906 g/mol. The first-order chi connectivity index (χ1) is 31.3. The third-order valence-electron chi connectivity index (χ3n) is 13.2. The number of carbonyl (C=O) groups excluding carboxylic acids is 2. The molecule has 0 aliphatic carbocycles. The lowest BCUT2D eigenvalue weighted by atomic mass is 9.82. The topological polar surface area (TPSA) is 185 Å². The van der Waals surface area contributed by atoms with Gasteiger partial charge in [0.25, 0.3) is 11.6 Å². The Hall–Kier alpha value is -5.85. The Kier molecular flexibility index (Phi) is 13.3. The highest BCUT2D eigenvalue weighted by atomic mass is 28.4. The number of benzene rings is 4. The summed E-state index contributed by atoms with van der Waals surface area (Å²) < 4.78 is 31.0. The van der Waals surface area contributed by atoms with Gasteiger partial charge in [0.15, 0.2) is 5.60 Å². The molecule has 3 aliphatic heterocycles. The van der Waals surface area contributed by atoms with Gasteiger partial charge < -0.3 is 34.0 Å². The van der Waals surface area contributed by atoms with Gasteiger partial charge in [-0.3, -0.25) is 29.3 Å². The second-order valence-electron chi connectivity index (χ2n) is 17.7. The van der Waals surface area contributed by atoms with Crippen molar-refractivity contribution in [3.8, 4) is 5.75 Å². The number of aliphatic hydroxyl groups is 2. The number of aryl methyl sites for hydroxylation is 1. The number of nitrogens with zero attached hydrogens (tertiary/aromatic N) is 6. The molecule has 8 rings (SSSR count). The van der Waals surface area contributed by atoms with Gasteiger partial charge in [0.05, 0.1) is 59.8 Å². The van der Waals surface area contributed by atoms with Crippen LogP contribution in [-0.2, 0) is 39.4 Å². The number of fused-ring (bicyclic) bond motifs is 3. The van der Waals surface area contributed by atoms with Crippen LogP contribution in [0.15, 0.2) is 97.2 Å². The van der Waals surface area contributed by atoms with Crippen LogP contribution in [-0.4, -0.2) is 88.9 Å². The van der Waals surface area contributed by atoms with E-state index in [4.69, 9.17) is 9.47 Å². The Labute approximate surface area is 378 Å². The van der Waals surface area contributed by atoms with E-state index in [0.717, 1.165) is 28.8 Å². The lowest BCUT2D eigenvalue weighted by Gasteiger charge is -2.35. The van der Waals surface area contributed by atoms with Crippen LogP contribution < -0.4 is 19.9 Å². The third kappa shape index (κ3) is 8.82. The summed E-state index contributed by atoms with van der Waals surface area (Å²) in [6, 6.07) is 26.4. The van der Waals surface area contributed by atoms with Gasteiger partial charge in [0.1, 0.15) is 5.75 Å². The van der Waals surface area contributed by atoms with Crippen molar-refractivity contribution in [2.75, 3.05) is 36.2 Å². The van der Waals surface area contributed by atoms with Crippen molar-refractivity contribution in [3.63, 3.8) is 0 Å². The summed E-state index contributed by atoms with van der Waals surface area (Å²) in [5, 5.41) is 43.7. The van der Waals surface area contributed by atoms with Crippen molar-refractivity contribution in [2.45, 2.75) is 94.9 Å². The number of nitrogens with one attached hydrogen (secondary N) is 1. The van der Waals surface area contributed by atoms with Crippen LogP contribution in [0.4, 0.5) is 26.9 Å². The van der Waals surface area contributed by atoms with Gasteiger partial charge in [-0.1, -0.05) is 54.6 Å². The predicted octanol–water partition coefficient (Wildman–Crippen LogP) is 7.07. The Morgan fingerprint density at radius 2 is 1.78 bits per heavy atom. The second-order valence-corrected chi connectivity index (χ2v) is 21.5. The third-order valence-corrected chi connectivity index (χ3v) is 15.6. The molecular formula is C48H56FN7O8Si. The van der Waals surface area contributed by atoms with E-state index in [1.165, 1.54) is 12.1 Å². The quantitative estimate of drug-likeness (QED) is 0.0269. The molecule has 342 valence electrons. The van der Waals surface area contributed by atoms with E-state index < -0.39 is 48.4 Å². The Balaban J connectivity index is 1.07. The highest BCUT2D eigenvalue weighted by molar-refractivity contribution is 6.72. The fourth-order valence-electron chi connectivity index (χ4n) is 10.1. The molecule has 4 heterocycles. The van der Waals surface area contributed by atoms with Crippen molar-refractivity contribution in [1.82, 2.24) is 20.3 Å². The van der Waals surface area contributed by atoms with Gasteiger partial charge in [-0.15, -0.1) is 5.10 Å². The molecule has 3 N–H and O–H groups in total. The van der Waals surface area contributed by atoms with Crippen molar-refractivity contribution >= 4 is 43.0 Å². The lowest BCUT2D eigenvalue weighted by molar-refractivity contribution is -0.385. The average Bonchev–Trinajstić information content (AvgIpc) is 3.95. The van der Waals surface area contributed by atoms with Crippen LogP contribution in [0, 0.1) is 16.0 Å². The van der Waals surface area contributed by atoms with Gasteiger partial charge in [-0.25, -0.2) is 0 Å². The van der Waals surface area contributed by atoms with E-state index in [0.29, 0.717) is 67.3 Å². The first kappa shape index (κ1) is 45.7. The van der Waals surface area contributed by atoms with E-state index in [-0.39, 0.29) is 37.3 Å². The molecule has 1 spiro atoms. The fourth-order valence-corrected chi connectivity index (χ4v) is 12.7. The molecule has 4 aromatic carbocycles. The Bertz CT molecular complexity index is 2520. The van der Waals surface area contributed by atoms with Gasteiger partial charge in [0.2, 0.25) is 14.3 Å². The number of amides is 2. The molecule has 0 bridgehead atoms. The van der Waals surface area contributed by atoms with Crippen LogP contribution in [0.1, 0.15) is 67.0 Å². The van der Waals surface area contributed by atoms with Crippen LogP contribution >= 0.6 is 0 Å². The zero-order valence-corrected chi connectivity index (χ0v) is 38.1. The van der Waals surface area contributed by atoms with E-state index in [9.17, 15) is 25.1 Å². The van der Waals surface area contributed by atoms with Crippen LogP contribution in [0.5, 0.6) is 5.75 Å². The Morgan fingerprint density at radius 1 is 1.03 bits per heavy atom. The molecule has 0 radical (unpaired) electrons. The van der Waals surface area contributed by atoms with Crippen molar-refractivity contribution in [1.29, 1.82) is 0 Å². The predicted molar refractivity (Wildman–Crippen MR) is 245 cm³/mol. The minimum atomic E-state index is -3.57. The van der Waals surface area contributed by atoms with E-state index in [2.05, 4.69) is 15.6 Å². The minimum Gasteiger partial charge on any atom is -0.494 e.